The molecule has 0 bridgehead atoms. The molecular formula is C14H18N2O. The zero-order valence-corrected chi connectivity index (χ0v) is 10.8. The molecule has 0 saturated carbocycles. The molecule has 90 valence electrons. The number of amides is 1. The van der Waals surface area contributed by atoms with Crippen molar-refractivity contribution in [1.29, 1.82) is 0 Å². The lowest BCUT2D eigenvalue weighted by Gasteiger charge is -2.39. The predicted octanol–water partition coefficient (Wildman–Crippen LogP) is 1.94. The summed E-state index contributed by atoms with van der Waals surface area (Å²) >= 11 is 0. The second-order valence-electron chi connectivity index (χ2n) is 5.85. The van der Waals surface area contributed by atoms with Crippen LogP contribution in [0.25, 0.3) is 0 Å². The molecule has 1 saturated heterocycles. The second-order valence-corrected chi connectivity index (χ2v) is 5.85. The summed E-state index contributed by atoms with van der Waals surface area (Å²) in [6, 6.07) is 6.49. The Morgan fingerprint density at radius 2 is 2.00 bits per heavy atom. The number of anilines is 1. The van der Waals surface area contributed by atoms with Crippen molar-refractivity contribution in [3.63, 3.8) is 0 Å². The van der Waals surface area contributed by atoms with Crippen LogP contribution in [-0.4, -0.2) is 18.1 Å². The Balaban J connectivity index is 2.26. The Morgan fingerprint density at radius 1 is 1.29 bits per heavy atom. The third-order valence-electron chi connectivity index (χ3n) is 4.56. The van der Waals surface area contributed by atoms with Crippen molar-refractivity contribution in [3.05, 3.63) is 29.3 Å². The fraction of sp³-hybridized carbons (Fsp3) is 0.500. The summed E-state index contributed by atoms with van der Waals surface area (Å²) in [5.41, 5.74) is 3.44. The third-order valence-corrected chi connectivity index (χ3v) is 4.56. The molecule has 2 heterocycles. The molecule has 1 fully saturated rings. The average molecular weight is 230 g/mol. The van der Waals surface area contributed by atoms with Crippen molar-refractivity contribution in [2.45, 2.75) is 38.8 Å². The van der Waals surface area contributed by atoms with Crippen LogP contribution in [-0.2, 0) is 10.2 Å². The number of carbonyl (C=O) groups excluding carboxylic acids is 1. The van der Waals surface area contributed by atoms with E-state index in [9.17, 15) is 4.79 Å². The molecule has 0 spiro atoms. The third kappa shape index (κ3) is 1.09. The Bertz CT molecular complexity index is 521. The molecule has 1 N–H and O–H groups in total. The maximum Gasteiger partial charge on any atom is 0.241 e. The first-order chi connectivity index (χ1) is 7.86. The van der Waals surface area contributed by atoms with Gasteiger partial charge in [-0.05, 0) is 25.5 Å². The van der Waals surface area contributed by atoms with E-state index < -0.39 is 0 Å². The van der Waals surface area contributed by atoms with E-state index in [4.69, 9.17) is 0 Å². The van der Waals surface area contributed by atoms with E-state index in [0.717, 1.165) is 0 Å². The van der Waals surface area contributed by atoms with Crippen molar-refractivity contribution < 1.29 is 4.79 Å². The fourth-order valence-corrected chi connectivity index (χ4v) is 3.15. The van der Waals surface area contributed by atoms with Gasteiger partial charge in [0.05, 0.1) is 6.54 Å². The van der Waals surface area contributed by atoms with E-state index >= 15 is 0 Å². The molecule has 0 radical (unpaired) electrons. The Hall–Kier alpha value is -1.51. The first kappa shape index (κ1) is 10.6. The Kier molecular flexibility index (Phi) is 1.77. The van der Waals surface area contributed by atoms with Crippen LogP contribution in [0.5, 0.6) is 0 Å². The quantitative estimate of drug-likeness (QED) is 0.738. The Morgan fingerprint density at radius 3 is 2.71 bits per heavy atom. The summed E-state index contributed by atoms with van der Waals surface area (Å²) < 4.78 is 0. The van der Waals surface area contributed by atoms with Crippen LogP contribution in [0.2, 0.25) is 0 Å². The fourth-order valence-electron chi connectivity index (χ4n) is 3.15. The topological polar surface area (TPSA) is 32.3 Å². The van der Waals surface area contributed by atoms with E-state index in [1.54, 1.807) is 0 Å². The lowest BCUT2D eigenvalue weighted by Crippen LogP contribution is -2.57. The summed E-state index contributed by atoms with van der Waals surface area (Å²) in [7, 11) is 0. The van der Waals surface area contributed by atoms with E-state index in [0.29, 0.717) is 6.54 Å². The highest BCUT2D eigenvalue weighted by atomic mass is 16.2. The van der Waals surface area contributed by atoms with Crippen LogP contribution < -0.4 is 10.2 Å². The van der Waals surface area contributed by atoms with Gasteiger partial charge in [0.2, 0.25) is 5.91 Å². The van der Waals surface area contributed by atoms with Crippen LogP contribution in [0.3, 0.4) is 0 Å². The summed E-state index contributed by atoms with van der Waals surface area (Å²) in [5, 5.41) is 3.14. The van der Waals surface area contributed by atoms with Gasteiger partial charge in [-0.1, -0.05) is 31.5 Å². The number of benzene rings is 1. The number of hydrogen-bond donors (Lipinski definition) is 1. The number of aryl methyl sites for hydroxylation is 1. The highest BCUT2D eigenvalue weighted by Gasteiger charge is 2.58. The van der Waals surface area contributed by atoms with Crippen molar-refractivity contribution in [1.82, 2.24) is 5.32 Å². The van der Waals surface area contributed by atoms with Gasteiger partial charge in [-0.2, -0.15) is 0 Å². The van der Waals surface area contributed by atoms with Gasteiger partial charge in [-0.25, -0.2) is 0 Å². The van der Waals surface area contributed by atoms with Crippen molar-refractivity contribution in [2.75, 3.05) is 11.4 Å². The van der Waals surface area contributed by atoms with Gasteiger partial charge < -0.3 is 10.2 Å². The van der Waals surface area contributed by atoms with Gasteiger partial charge in [-0.15, -0.1) is 0 Å². The molecule has 2 aliphatic rings. The van der Waals surface area contributed by atoms with Crippen molar-refractivity contribution in [3.8, 4) is 0 Å². The molecule has 1 aromatic rings. The first-order valence-electron chi connectivity index (χ1n) is 6.06. The van der Waals surface area contributed by atoms with Crippen molar-refractivity contribution in [2.24, 2.45) is 0 Å². The standard InChI is InChI=1S/C14H18N2O/c1-9-5-6-11-10(7-9)13(2,3)14(4)15-12(17)8-16(11)14/h5-7H,8H2,1-4H3,(H,15,17). The average Bonchev–Trinajstić information content (AvgIpc) is 2.61. The lowest BCUT2D eigenvalue weighted by molar-refractivity contribution is -0.119. The minimum atomic E-state index is -0.291. The maximum atomic E-state index is 11.7. The number of nitrogens with one attached hydrogen (secondary N) is 1. The number of carbonyl (C=O) groups is 1. The summed E-state index contributed by atoms with van der Waals surface area (Å²) in [4.78, 5) is 13.9. The molecule has 3 heteroatoms. The Labute approximate surface area is 102 Å². The molecule has 0 aliphatic carbocycles. The first-order valence-corrected chi connectivity index (χ1v) is 6.06. The van der Waals surface area contributed by atoms with E-state index in [2.05, 4.69) is 56.1 Å². The molecule has 1 amide bonds. The summed E-state index contributed by atoms with van der Waals surface area (Å²) in [6.07, 6.45) is 0. The molecule has 17 heavy (non-hydrogen) atoms. The minimum Gasteiger partial charge on any atom is -0.339 e. The zero-order valence-electron chi connectivity index (χ0n) is 10.8. The molecule has 1 unspecified atom stereocenters. The van der Waals surface area contributed by atoms with E-state index in [1.807, 2.05) is 0 Å². The number of rotatable bonds is 0. The molecule has 2 aliphatic heterocycles. The van der Waals surface area contributed by atoms with E-state index in [1.165, 1.54) is 16.8 Å². The highest BCUT2D eigenvalue weighted by molar-refractivity contribution is 5.90. The van der Waals surface area contributed by atoms with Gasteiger partial charge >= 0.3 is 0 Å². The number of hydrogen-bond acceptors (Lipinski definition) is 2. The van der Waals surface area contributed by atoms with Gasteiger partial charge in [0.15, 0.2) is 0 Å². The second kappa shape index (κ2) is 2.84. The largest absolute Gasteiger partial charge is 0.339 e. The monoisotopic (exact) mass is 230 g/mol. The molecule has 1 aromatic carbocycles. The predicted molar refractivity (Wildman–Crippen MR) is 68.1 cm³/mol. The number of fused-ring (bicyclic) bond motifs is 3. The molecule has 1 atom stereocenters. The SMILES string of the molecule is Cc1ccc2c(c1)C(C)(C)C1(C)NC(=O)CN21. The van der Waals surface area contributed by atoms with Gasteiger partial charge in [0.1, 0.15) is 5.66 Å². The maximum absolute atomic E-state index is 11.7. The lowest BCUT2D eigenvalue weighted by atomic mass is 9.76. The highest BCUT2D eigenvalue weighted by Crippen LogP contribution is 2.51. The van der Waals surface area contributed by atoms with Gasteiger partial charge in [0.25, 0.3) is 0 Å². The molecule has 3 nitrogen and oxygen atoms in total. The van der Waals surface area contributed by atoms with Crippen LogP contribution >= 0.6 is 0 Å². The van der Waals surface area contributed by atoms with Gasteiger partial charge in [-0.3, -0.25) is 4.79 Å². The van der Waals surface area contributed by atoms with Gasteiger partial charge in [0, 0.05) is 11.1 Å². The van der Waals surface area contributed by atoms with Crippen LogP contribution in [0.4, 0.5) is 5.69 Å². The zero-order chi connectivity index (χ0) is 12.4. The minimum absolute atomic E-state index is 0.0689. The van der Waals surface area contributed by atoms with E-state index in [-0.39, 0.29) is 17.0 Å². The van der Waals surface area contributed by atoms with Crippen LogP contribution in [0, 0.1) is 6.92 Å². The van der Waals surface area contributed by atoms with Crippen molar-refractivity contribution >= 4 is 11.6 Å². The molecule has 0 aromatic heterocycles. The number of nitrogens with zero attached hydrogens (tertiary/aromatic N) is 1. The normalized spacial score (nSPS) is 28.9. The van der Waals surface area contributed by atoms with Crippen LogP contribution in [0.15, 0.2) is 18.2 Å². The van der Waals surface area contributed by atoms with Crippen LogP contribution in [0.1, 0.15) is 31.9 Å². The smallest absolute Gasteiger partial charge is 0.241 e. The summed E-state index contributed by atoms with van der Waals surface area (Å²) in [5.74, 6) is 0.117. The summed E-state index contributed by atoms with van der Waals surface area (Å²) in [6.45, 7) is 9.11. The molecular weight excluding hydrogens is 212 g/mol. The molecule has 3 rings (SSSR count).